The Labute approximate surface area is 191 Å². The number of benzene rings is 2. The van der Waals surface area contributed by atoms with E-state index in [4.69, 9.17) is 16.0 Å². The molecule has 1 amide bonds. The minimum atomic E-state index is -3.11. The summed E-state index contributed by atoms with van der Waals surface area (Å²) in [6.45, 7) is 0.250. The lowest BCUT2D eigenvalue weighted by molar-refractivity contribution is 0.0666. The van der Waals surface area contributed by atoms with Gasteiger partial charge < -0.3 is 9.32 Å². The van der Waals surface area contributed by atoms with E-state index in [-0.39, 0.29) is 30.0 Å². The van der Waals surface area contributed by atoms with Crippen molar-refractivity contribution in [1.82, 2.24) is 4.90 Å². The number of furan rings is 1. The molecular formula is C23H22ClNO4S2. The summed E-state index contributed by atoms with van der Waals surface area (Å²) in [6.07, 6.45) is 2.00. The van der Waals surface area contributed by atoms with Gasteiger partial charge in [0.2, 0.25) is 0 Å². The molecule has 0 N–H and O–H groups in total. The Balaban J connectivity index is 1.46. The van der Waals surface area contributed by atoms with Gasteiger partial charge in [0.15, 0.2) is 9.84 Å². The summed E-state index contributed by atoms with van der Waals surface area (Å²) in [4.78, 5) is 16.0. The monoisotopic (exact) mass is 475 g/mol. The van der Waals surface area contributed by atoms with Crippen LogP contribution in [0.4, 0.5) is 0 Å². The number of carbonyl (C=O) groups excluding carboxylic acids is 1. The minimum absolute atomic E-state index is 0.00470. The number of nitrogens with zero attached hydrogens (tertiary/aromatic N) is 1. The quantitative estimate of drug-likeness (QED) is 0.447. The fourth-order valence-electron chi connectivity index (χ4n) is 3.57. The first-order valence-corrected chi connectivity index (χ1v) is 13.1. The molecule has 0 radical (unpaired) electrons. The second-order valence-electron chi connectivity index (χ2n) is 7.51. The van der Waals surface area contributed by atoms with Gasteiger partial charge in [-0.2, -0.15) is 0 Å². The summed E-state index contributed by atoms with van der Waals surface area (Å²) in [5, 5.41) is 0.710. The molecule has 0 spiro atoms. The first-order valence-electron chi connectivity index (χ1n) is 9.91. The second kappa shape index (κ2) is 9.51. The van der Waals surface area contributed by atoms with Gasteiger partial charge in [0.1, 0.15) is 5.76 Å². The van der Waals surface area contributed by atoms with Gasteiger partial charge in [0, 0.05) is 27.3 Å². The van der Waals surface area contributed by atoms with Gasteiger partial charge >= 0.3 is 0 Å². The summed E-state index contributed by atoms with van der Waals surface area (Å²) in [5.74, 6) is 1.33. The molecule has 8 heteroatoms. The highest BCUT2D eigenvalue weighted by Gasteiger charge is 2.35. The van der Waals surface area contributed by atoms with E-state index in [1.54, 1.807) is 47.2 Å². The standard InChI is InChI=1S/C23H22ClNO4S2/c24-19-7-9-22(10-8-19)30-15-17-3-5-18(6-4-17)23(26)25(14-21-2-1-12-29-21)20-11-13-31(27,28)16-20/h1-10,12,20H,11,13-16H2. The average Bonchev–Trinajstić information content (AvgIpc) is 3.40. The molecule has 4 rings (SSSR count). The molecule has 2 heterocycles. The van der Waals surface area contributed by atoms with E-state index in [1.165, 1.54) is 0 Å². The Kier molecular flexibility index (Phi) is 6.74. The Hall–Kier alpha value is -2.22. The van der Waals surface area contributed by atoms with E-state index in [0.717, 1.165) is 16.2 Å². The molecule has 0 saturated carbocycles. The van der Waals surface area contributed by atoms with E-state index < -0.39 is 9.84 Å². The largest absolute Gasteiger partial charge is 0.467 e. The van der Waals surface area contributed by atoms with Gasteiger partial charge in [-0.1, -0.05) is 23.7 Å². The highest BCUT2D eigenvalue weighted by atomic mass is 35.5. The van der Waals surface area contributed by atoms with E-state index in [2.05, 4.69) is 0 Å². The smallest absolute Gasteiger partial charge is 0.254 e. The Morgan fingerprint density at radius 2 is 1.84 bits per heavy atom. The highest BCUT2D eigenvalue weighted by Crippen LogP contribution is 2.26. The third-order valence-electron chi connectivity index (χ3n) is 5.24. The first-order chi connectivity index (χ1) is 14.9. The molecular weight excluding hydrogens is 454 g/mol. The lowest BCUT2D eigenvalue weighted by Crippen LogP contribution is -2.40. The van der Waals surface area contributed by atoms with Crippen LogP contribution in [0.5, 0.6) is 0 Å². The van der Waals surface area contributed by atoms with Crippen LogP contribution >= 0.6 is 23.4 Å². The van der Waals surface area contributed by atoms with E-state index >= 15 is 0 Å². The second-order valence-corrected chi connectivity index (χ2v) is 11.2. The maximum absolute atomic E-state index is 13.3. The molecule has 0 bridgehead atoms. The van der Waals surface area contributed by atoms with Crippen LogP contribution < -0.4 is 0 Å². The number of halogens is 1. The summed E-state index contributed by atoms with van der Waals surface area (Å²) >= 11 is 7.62. The number of rotatable bonds is 7. The summed E-state index contributed by atoms with van der Waals surface area (Å²) < 4.78 is 29.4. The van der Waals surface area contributed by atoms with Gasteiger partial charge in [-0.15, -0.1) is 11.8 Å². The Morgan fingerprint density at radius 1 is 1.10 bits per heavy atom. The third-order valence-corrected chi connectivity index (χ3v) is 8.32. The normalized spacial score (nSPS) is 17.5. The van der Waals surface area contributed by atoms with Crippen LogP contribution in [0, 0.1) is 0 Å². The minimum Gasteiger partial charge on any atom is -0.467 e. The molecule has 1 unspecified atom stereocenters. The van der Waals surface area contributed by atoms with Crippen LogP contribution in [0.25, 0.3) is 0 Å². The zero-order chi connectivity index (χ0) is 21.8. The Morgan fingerprint density at radius 3 is 2.45 bits per heavy atom. The van der Waals surface area contributed by atoms with Crippen molar-refractivity contribution in [1.29, 1.82) is 0 Å². The zero-order valence-corrected chi connectivity index (χ0v) is 19.1. The maximum Gasteiger partial charge on any atom is 0.254 e. The predicted molar refractivity (Wildman–Crippen MR) is 123 cm³/mol. The topological polar surface area (TPSA) is 67.6 Å². The van der Waals surface area contributed by atoms with Gasteiger partial charge in [0.05, 0.1) is 24.3 Å². The van der Waals surface area contributed by atoms with E-state index in [9.17, 15) is 13.2 Å². The summed E-state index contributed by atoms with van der Waals surface area (Å²) in [6, 6.07) is 18.4. The van der Waals surface area contributed by atoms with Crippen molar-refractivity contribution >= 4 is 39.1 Å². The number of sulfone groups is 1. The average molecular weight is 476 g/mol. The molecule has 1 aromatic heterocycles. The Bertz CT molecular complexity index is 1130. The molecule has 0 aliphatic carbocycles. The summed E-state index contributed by atoms with van der Waals surface area (Å²) in [5.41, 5.74) is 1.63. The van der Waals surface area contributed by atoms with Crippen molar-refractivity contribution in [2.24, 2.45) is 0 Å². The molecule has 162 valence electrons. The van der Waals surface area contributed by atoms with Crippen LogP contribution in [0.3, 0.4) is 0 Å². The summed E-state index contributed by atoms with van der Waals surface area (Å²) in [7, 11) is -3.11. The molecule has 3 aromatic rings. The van der Waals surface area contributed by atoms with Crippen LogP contribution in [0.1, 0.15) is 28.1 Å². The lowest BCUT2D eigenvalue weighted by Gasteiger charge is -2.27. The van der Waals surface area contributed by atoms with Crippen molar-refractivity contribution in [2.45, 2.75) is 29.7 Å². The van der Waals surface area contributed by atoms with Gasteiger partial charge in [-0.3, -0.25) is 4.79 Å². The van der Waals surface area contributed by atoms with Crippen LogP contribution in [0.2, 0.25) is 5.02 Å². The van der Waals surface area contributed by atoms with Crippen molar-refractivity contribution in [3.63, 3.8) is 0 Å². The SMILES string of the molecule is O=C(c1ccc(CSc2ccc(Cl)cc2)cc1)N(Cc1ccco1)C1CCS(=O)(=O)C1. The number of hydrogen-bond acceptors (Lipinski definition) is 5. The first kappa shape index (κ1) is 22.0. The van der Waals surface area contributed by atoms with Crippen LogP contribution in [-0.4, -0.2) is 36.8 Å². The molecule has 2 aromatic carbocycles. The zero-order valence-electron chi connectivity index (χ0n) is 16.7. The van der Waals surface area contributed by atoms with Gasteiger partial charge in [-0.05, 0) is 60.5 Å². The molecule has 1 aliphatic rings. The molecule has 1 atom stereocenters. The molecule has 1 fully saturated rings. The number of carbonyl (C=O) groups is 1. The fraction of sp³-hybridized carbons (Fsp3) is 0.261. The van der Waals surface area contributed by atoms with Gasteiger partial charge in [-0.25, -0.2) is 8.42 Å². The van der Waals surface area contributed by atoms with Gasteiger partial charge in [0.25, 0.3) is 5.91 Å². The van der Waals surface area contributed by atoms with Crippen LogP contribution in [-0.2, 0) is 22.1 Å². The lowest BCUT2D eigenvalue weighted by atomic mass is 10.1. The molecule has 31 heavy (non-hydrogen) atoms. The molecule has 1 aliphatic heterocycles. The number of thioether (sulfide) groups is 1. The third kappa shape index (κ3) is 5.73. The molecule has 5 nitrogen and oxygen atoms in total. The highest BCUT2D eigenvalue weighted by molar-refractivity contribution is 7.98. The van der Waals surface area contributed by atoms with Crippen molar-refractivity contribution < 1.29 is 17.6 Å². The van der Waals surface area contributed by atoms with E-state index in [0.29, 0.717) is 22.8 Å². The number of hydrogen-bond donors (Lipinski definition) is 0. The maximum atomic E-state index is 13.3. The van der Waals surface area contributed by atoms with Crippen LogP contribution in [0.15, 0.2) is 76.2 Å². The molecule has 1 saturated heterocycles. The number of amides is 1. The van der Waals surface area contributed by atoms with Crippen molar-refractivity contribution in [2.75, 3.05) is 11.5 Å². The predicted octanol–water partition coefficient (Wildman–Crippen LogP) is 5.05. The van der Waals surface area contributed by atoms with E-state index in [1.807, 2.05) is 36.4 Å². The van der Waals surface area contributed by atoms with Crippen molar-refractivity contribution in [3.05, 3.63) is 88.8 Å². The fourth-order valence-corrected chi connectivity index (χ4v) is 6.28. The van der Waals surface area contributed by atoms with Crippen molar-refractivity contribution in [3.8, 4) is 0 Å².